The summed E-state index contributed by atoms with van der Waals surface area (Å²) < 4.78 is 10.8. The first-order valence-electron chi connectivity index (χ1n) is 7.29. The van der Waals surface area contributed by atoms with E-state index in [2.05, 4.69) is 9.98 Å². The normalized spacial score (nSPS) is 11.3. The van der Waals surface area contributed by atoms with Crippen molar-refractivity contribution in [2.75, 3.05) is 13.2 Å². The molecule has 2 rings (SSSR count). The van der Waals surface area contributed by atoms with Gasteiger partial charge in [0.2, 0.25) is 0 Å². The van der Waals surface area contributed by atoms with Crippen molar-refractivity contribution in [1.82, 2.24) is 4.98 Å². The van der Waals surface area contributed by atoms with Gasteiger partial charge in [-0.05, 0) is 39.0 Å². The van der Waals surface area contributed by atoms with Crippen LogP contribution >= 0.6 is 11.3 Å². The number of thiazole rings is 1. The van der Waals surface area contributed by atoms with Crippen LogP contribution in [0.15, 0.2) is 23.2 Å². The highest BCUT2D eigenvalue weighted by molar-refractivity contribution is 7.18. The summed E-state index contributed by atoms with van der Waals surface area (Å²) in [5.74, 6) is -2.50. The molecule has 0 fully saturated rings. The van der Waals surface area contributed by atoms with Gasteiger partial charge >= 0.3 is 11.9 Å². The molecule has 122 valence electrons. The van der Waals surface area contributed by atoms with Crippen LogP contribution in [0.4, 0.5) is 5.69 Å². The van der Waals surface area contributed by atoms with Gasteiger partial charge in [0.25, 0.3) is 0 Å². The van der Waals surface area contributed by atoms with Gasteiger partial charge in [0.15, 0.2) is 5.92 Å². The Morgan fingerprint density at radius 1 is 1.26 bits per heavy atom. The summed E-state index contributed by atoms with van der Waals surface area (Å²) in [4.78, 5) is 32.3. The molecule has 0 spiro atoms. The van der Waals surface area contributed by atoms with E-state index < -0.39 is 17.9 Å². The van der Waals surface area contributed by atoms with Crippen LogP contribution in [-0.4, -0.2) is 36.4 Å². The van der Waals surface area contributed by atoms with Crippen LogP contribution in [0.1, 0.15) is 18.9 Å². The molecular weight excluding hydrogens is 316 g/mol. The zero-order valence-electron chi connectivity index (χ0n) is 13.2. The molecule has 0 saturated heterocycles. The molecule has 0 radical (unpaired) electrons. The maximum Gasteiger partial charge on any atom is 0.325 e. The first kappa shape index (κ1) is 17.1. The molecule has 0 N–H and O–H groups in total. The molecule has 0 amide bonds. The molecule has 0 unspecified atom stereocenters. The number of carbonyl (C=O) groups excluding carboxylic acids is 2. The van der Waals surface area contributed by atoms with E-state index in [0.717, 1.165) is 15.2 Å². The maximum absolute atomic E-state index is 11.9. The van der Waals surface area contributed by atoms with Crippen molar-refractivity contribution in [3.8, 4) is 0 Å². The fourth-order valence-electron chi connectivity index (χ4n) is 1.95. The Labute approximate surface area is 138 Å². The third-order valence-electron chi connectivity index (χ3n) is 2.93. The number of esters is 2. The minimum Gasteiger partial charge on any atom is -0.465 e. The molecule has 2 aromatic rings. The first-order chi connectivity index (χ1) is 11.0. The summed E-state index contributed by atoms with van der Waals surface area (Å²) in [7, 11) is 0. The van der Waals surface area contributed by atoms with Gasteiger partial charge in [0.1, 0.15) is 0 Å². The summed E-state index contributed by atoms with van der Waals surface area (Å²) in [6.07, 6.45) is 1.26. The fraction of sp³-hybridized carbons (Fsp3) is 0.375. The Balaban J connectivity index is 2.23. The van der Waals surface area contributed by atoms with E-state index in [4.69, 9.17) is 9.47 Å². The minimum absolute atomic E-state index is 0.187. The van der Waals surface area contributed by atoms with Crippen molar-refractivity contribution >= 4 is 45.4 Å². The van der Waals surface area contributed by atoms with Crippen molar-refractivity contribution in [2.24, 2.45) is 10.9 Å². The molecule has 0 atom stereocenters. The second-order valence-electron chi connectivity index (χ2n) is 4.64. The van der Waals surface area contributed by atoms with Crippen molar-refractivity contribution in [2.45, 2.75) is 20.8 Å². The highest BCUT2D eigenvalue weighted by Crippen LogP contribution is 2.25. The molecule has 0 aliphatic heterocycles. The molecule has 0 saturated carbocycles. The molecule has 1 heterocycles. The molecule has 0 bridgehead atoms. The summed E-state index contributed by atoms with van der Waals surface area (Å²) in [6.45, 7) is 5.66. The molecule has 1 aromatic carbocycles. The summed E-state index contributed by atoms with van der Waals surface area (Å²) >= 11 is 1.60. The number of hydrogen-bond donors (Lipinski definition) is 0. The molecule has 0 aliphatic rings. The number of fused-ring (bicyclic) bond motifs is 1. The number of rotatable bonds is 6. The van der Waals surface area contributed by atoms with Crippen LogP contribution in [0.2, 0.25) is 0 Å². The van der Waals surface area contributed by atoms with Crippen LogP contribution < -0.4 is 0 Å². The van der Waals surface area contributed by atoms with Gasteiger partial charge in [0.05, 0.1) is 34.1 Å². The second kappa shape index (κ2) is 7.82. The molecule has 23 heavy (non-hydrogen) atoms. The second-order valence-corrected chi connectivity index (χ2v) is 5.88. The van der Waals surface area contributed by atoms with Crippen molar-refractivity contribution in [1.29, 1.82) is 0 Å². The number of benzene rings is 1. The number of ether oxygens (including phenoxy) is 2. The topological polar surface area (TPSA) is 77.9 Å². The maximum atomic E-state index is 11.9. The van der Waals surface area contributed by atoms with Gasteiger partial charge in [-0.15, -0.1) is 11.3 Å². The smallest absolute Gasteiger partial charge is 0.325 e. The van der Waals surface area contributed by atoms with E-state index >= 15 is 0 Å². The molecular formula is C16H18N2O4S. The van der Waals surface area contributed by atoms with Crippen LogP contribution in [0, 0.1) is 12.8 Å². The van der Waals surface area contributed by atoms with Crippen molar-refractivity contribution < 1.29 is 19.1 Å². The lowest BCUT2D eigenvalue weighted by molar-refractivity contribution is -0.157. The number of aliphatic imine (C=N–C) groups is 1. The highest BCUT2D eigenvalue weighted by Gasteiger charge is 2.27. The lowest BCUT2D eigenvalue weighted by Crippen LogP contribution is -2.29. The molecule has 7 heteroatoms. The molecule has 0 aliphatic carbocycles. The number of hydrogen-bond acceptors (Lipinski definition) is 7. The van der Waals surface area contributed by atoms with Gasteiger partial charge in [-0.3, -0.25) is 14.6 Å². The lowest BCUT2D eigenvalue weighted by atomic mass is 10.1. The molecule has 6 nitrogen and oxygen atoms in total. The first-order valence-corrected chi connectivity index (χ1v) is 8.11. The summed E-state index contributed by atoms with van der Waals surface area (Å²) in [5.41, 5.74) is 1.45. The van der Waals surface area contributed by atoms with Crippen LogP contribution in [0.5, 0.6) is 0 Å². The van der Waals surface area contributed by atoms with E-state index in [1.54, 1.807) is 25.2 Å². The van der Waals surface area contributed by atoms with Crippen LogP contribution in [0.25, 0.3) is 10.2 Å². The Kier molecular flexibility index (Phi) is 5.81. The lowest BCUT2D eigenvalue weighted by Gasteiger charge is -2.09. The van der Waals surface area contributed by atoms with E-state index in [-0.39, 0.29) is 13.2 Å². The average molecular weight is 334 g/mol. The van der Waals surface area contributed by atoms with Gasteiger partial charge in [0, 0.05) is 6.21 Å². The zero-order chi connectivity index (χ0) is 16.8. The van der Waals surface area contributed by atoms with Crippen LogP contribution in [0.3, 0.4) is 0 Å². The van der Waals surface area contributed by atoms with Gasteiger partial charge in [-0.1, -0.05) is 0 Å². The largest absolute Gasteiger partial charge is 0.465 e. The fourth-order valence-corrected chi connectivity index (χ4v) is 2.76. The van der Waals surface area contributed by atoms with Crippen LogP contribution in [-0.2, 0) is 19.1 Å². The molecule has 1 aromatic heterocycles. The van der Waals surface area contributed by atoms with Gasteiger partial charge in [-0.2, -0.15) is 0 Å². The predicted molar refractivity (Wildman–Crippen MR) is 89.3 cm³/mol. The quantitative estimate of drug-likeness (QED) is 0.461. The number of carbonyl (C=O) groups is 2. The van der Waals surface area contributed by atoms with E-state index in [9.17, 15) is 9.59 Å². The zero-order valence-corrected chi connectivity index (χ0v) is 14.1. The Morgan fingerprint density at radius 2 is 1.91 bits per heavy atom. The minimum atomic E-state index is -1.16. The standard InChI is InChI=1S/C16H18N2O4S/c1-4-21-15(19)12(16(20)22-5-2)9-17-11-6-7-14-13(8-11)18-10(3)23-14/h6-9,12H,4-5H2,1-3H3. The SMILES string of the molecule is CCOC(=O)C(C=Nc1ccc2sc(C)nc2c1)C(=O)OCC. The van der Waals surface area contributed by atoms with Gasteiger partial charge in [-0.25, -0.2) is 4.98 Å². The third kappa shape index (κ3) is 4.35. The van der Waals surface area contributed by atoms with Crippen molar-refractivity contribution in [3.05, 3.63) is 23.2 Å². The van der Waals surface area contributed by atoms with E-state index in [0.29, 0.717) is 5.69 Å². The van der Waals surface area contributed by atoms with E-state index in [1.807, 2.05) is 25.1 Å². The predicted octanol–water partition coefficient (Wildman–Crippen LogP) is 3.05. The number of nitrogens with zero attached hydrogens (tertiary/aromatic N) is 2. The summed E-state index contributed by atoms with van der Waals surface area (Å²) in [6, 6.07) is 5.53. The summed E-state index contributed by atoms with van der Waals surface area (Å²) in [5, 5.41) is 0.969. The Morgan fingerprint density at radius 3 is 2.52 bits per heavy atom. The monoisotopic (exact) mass is 334 g/mol. The number of aryl methyl sites for hydroxylation is 1. The van der Waals surface area contributed by atoms with E-state index in [1.165, 1.54) is 6.21 Å². The average Bonchev–Trinajstić information content (AvgIpc) is 2.87. The number of aromatic nitrogens is 1. The Bertz CT molecular complexity index is 721. The highest BCUT2D eigenvalue weighted by atomic mass is 32.1. The Hall–Kier alpha value is -2.28. The van der Waals surface area contributed by atoms with Gasteiger partial charge < -0.3 is 9.47 Å². The third-order valence-corrected chi connectivity index (χ3v) is 3.88. The van der Waals surface area contributed by atoms with Crippen molar-refractivity contribution in [3.63, 3.8) is 0 Å².